The lowest BCUT2D eigenvalue weighted by Gasteiger charge is -2.14. The molecule has 4 heteroatoms. The van der Waals surface area contributed by atoms with Crippen molar-refractivity contribution < 1.29 is 19.4 Å². The average Bonchev–Trinajstić information content (AvgIpc) is 2.87. The molecule has 0 aromatic carbocycles. The van der Waals surface area contributed by atoms with E-state index >= 15 is 0 Å². The zero-order valence-corrected chi connectivity index (χ0v) is 24.0. The first-order chi connectivity index (χ1) is 18.1. The molecular formula is C33H56O4. The van der Waals surface area contributed by atoms with Gasteiger partial charge in [-0.1, -0.05) is 108 Å². The molecule has 0 heterocycles. The number of rotatable bonds is 26. The third-order valence-corrected chi connectivity index (χ3v) is 6.25. The summed E-state index contributed by atoms with van der Waals surface area (Å²) in [4.78, 5) is 23.0. The lowest BCUT2D eigenvalue weighted by molar-refractivity contribution is -0.147. The van der Waals surface area contributed by atoms with E-state index in [0.717, 1.165) is 77.0 Å². The summed E-state index contributed by atoms with van der Waals surface area (Å²) in [6.07, 6.45) is 37.0. The highest BCUT2D eigenvalue weighted by molar-refractivity contribution is 5.69. The maximum atomic E-state index is 12.5. The second-order valence-corrected chi connectivity index (χ2v) is 9.90. The van der Waals surface area contributed by atoms with Crippen molar-refractivity contribution in [2.75, 3.05) is 0 Å². The van der Waals surface area contributed by atoms with Crippen molar-refractivity contribution in [1.82, 2.24) is 0 Å². The Morgan fingerprint density at radius 3 is 1.89 bits per heavy atom. The number of carboxylic acids is 1. The van der Waals surface area contributed by atoms with Crippen LogP contribution < -0.4 is 0 Å². The predicted molar refractivity (Wildman–Crippen MR) is 158 cm³/mol. The largest absolute Gasteiger partial charge is 0.481 e. The van der Waals surface area contributed by atoms with Crippen molar-refractivity contribution in [1.29, 1.82) is 0 Å². The molecule has 0 saturated carbocycles. The van der Waals surface area contributed by atoms with Crippen molar-refractivity contribution >= 4 is 11.9 Å². The zero-order valence-electron chi connectivity index (χ0n) is 24.0. The average molecular weight is 517 g/mol. The Bertz CT molecular complexity index is 645. The van der Waals surface area contributed by atoms with Crippen molar-refractivity contribution in [2.24, 2.45) is 0 Å². The Labute approximate surface area is 228 Å². The zero-order chi connectivity index (χ0) is 27.2. The highest BCUT2D eigenvalue weighted by atomic mass is 16.5. The highest BCUT2D eigenvalue weighted by Crippen LogP contribution is 2.15. The summed E-state index contributed by atoms with van der Waals surface area (Å²) >= 11 is 0. The predicted octanol–water partition coefficient (Wildman–Crippen LogP) is 10.0. The van der Waals surface area contributed by atoms with Crippen LogP contribution in [-0.2, 0) is 14.3 Å². The molecule has 0 aliphatic heterocycles. The summed E-state index contributed by atoms with van der Waals surface area (Å²) in [5.74, 6) is -0.787. The molecule has 0 amide bonds. The molecular weight excluding hydrogens is 460 g/mol. The van der Waals surface area contributed by atoms with Gasteiger partial charge in [-0.2, -0.15) is 0 Å². The highest BCUT2D eigenvalue weighted by Gasteiger charge is 2.11. The van der Waals surface area contributed by atoms with Gasteiger partial charge in [-0.3, -0.25) is 9.59 Å². The minimum absolute atomic E-state index is 0.0777. The number of carbonyl (C=O) groups is 2. The van der Waals surface area contributed by atoms with Gasteiger partial charge in [-0.15, -0.1) is 0 Å². The van der Waals surface area contributed by atoms with Gasteiger partial charge >= 0.3 is 11.9 Å². The van der Waals surface area contributed by atoms with Crippen molar-refractivity contribution in [2.45, 2.75) is 148 Å². The fourth-order valence-electron chi connectivity index (χ4n) is 4.06. The molecule has 0 radical (unpaired) electrons. The van der Waals surface area contributed by atoms with E-state index in [0.29, 0.717) is 6.42 Å². The molecule has 0 aliphatic carbocycles. The third kappa shape index (κ3) is 28.3. The van der Waals surface area contributed by atoms with Crippen LogP contribution in [0.25, 0.3) is 0 Å². The quantitative estimate of drug-likeness (QED) is 0.0705. The summed E-state index contributed by atoms with van der Waals surface area (Å²) in [6.45, 7) is 4.34. The second kappa shape index (κ2) is 28.5. The molecule has 0 aliphatic rings. The molecule has 0 rings (SSSR count). The van der Waals surface area contributed by atoms with Gasteiger partial charge in [0, 0.05) is 12.8 Å². The standard InChI is InChI=1S/C33H56O4/c1-3-5-7-9-11-13-14-16-22-26-30-33(36)37-31(27-23-19-15-12-10-8-6-4-2)28-24-20-17-18-21-25-29-32(34)35/h6-9,12,15,23,27,31H,3-5,10-11,13-14,16-22,24-26,28-30H2,1-2H3,(H,34,35)/b8-6-,9-7-,15-12-,27-23-. The Kier molecular flexibility index (Phi) is 26.9. The molecule has 212 valence electrons. The monoisotopic (exact) mass is 516 g/mol. The van der Waals surface area contributed by atoms with Gasteiger partial charge in [-0.25, -0.2) is 0 Å². The van der Waals surface area contributed by atoms with Crippen LogP contribution in [-0.4, -0.2) is 23.1 Å². The first-order valence-electron chi connectivity index (χ1n) is 15.1. The summed E-state index contributed by atoms with van der Waals surface area (Å²) in [7, 11) is 0. The number of esters is 1. The lowest BCUT2D eigenvalue weighted by atomic mass is 10.1. The number of ether oxygens (including phenoxy) is 1. The summed E-state index contributed by atoms with van der Waals surface area (Å²) in [5, 5.41) is 8.72. The smallest absolute Gasteiger partial charge is 0.306 e. The summed E-state index contributed by atoms with van der Waals surface area (Å²) in [6, 6.07) is 0. The van der Waals surface area contributed by atoms with Crippen molar-refractivity contribution in [3.63, 3.8) is 0 Å². The van der Waals surface area contributed by atoms with E-state index in [1.807, 2.05) is 0 Å². The number of aliphatic carboxylic acids is 1. The second-order valence-electron chi connectivity index (χ2n) is 9.90. The Morgan fingerprint density at radius 2 is 1.22 bits per heavy atom. The first kappa shape index (κ1) is 34.9. The van der Waals surface area contributed by atoms with Gasteiger partial charge < -0.3 is 9.84 Å². The van der Waals surface area contributed by atoms with Crippen LogP contribution in [0.1, 0.15) is 142 Å². The van der Waals surface area contributed by atoms with E-state index in [9.17, 15) is 9.59 Å². The molecule has 4 nitrogen and oxygen atoms in total. The fraction of sp³-hybridized carbons (Fsp3) is 0.697. The molecule has 0 aromatic rings. The number of carboxylic acid groups (broad SMARTS) is 1. The van der Waals surface area contributed by atoms with E-state index in [4.69, 9.17) is 9.84 Å². The van der Waals surface area contributed by atoms with Crippen LogP contribution in [0.15, 0.2) is 48.6 Å². The van der Waals surface area contributed by atoms with Crippen LogP contribution in [0.3, 0.4) is 0 Å². The van der Waals surface area contributed by atoms with E-state index in [2.05, 4.69) is 62.5 Å². The van der Waals surface area contributed by atoms with Gasteiger partial charge in [-0.05, 0) is 70.3 Å². The molecule has 0 aromatic heterocycles. The SMILES string of the molecule is CC/C=C\C/C=C\C/C=C\C(CCCCCCCCC(=O)O)OC(=O)CCCCCCC/C=C\CCC. The maximum Gasteiger partial charge on any atom is 0.306 e. The Hall–Kier alpha value is -2.10. The molecule has 0 bridgehead atoms. The van der Waals surface area contributed by atoms with Crippen LogP contribution in [0.4, 0.5) is 0 Å². The molecule has 1 N–H and O–H groups in total. The van der Waals surface area contributed by atoms with E-state index in [-0.39, 0.29) is 18.5 Å². The molecule has 37 heavy (non-hydrogen) atoms. The lowest BCUT2D eigenvalue weighted by Crippen LogP contribution is -2.16. The molecule has 0 spiro atoms. The van der Waals surface area contributed by atoms with Crippen molar-refractivity contribution in [3.05, 3.63) is 48.6 Å². The number of allylic oxidation sites excluding steroid dienone is 7. The van der Waals surface area contributed by atoms with E-state index < -0.39 is 5.97 Å². The van der Waals surface area contributed by atoms with Gasteiger partial charge in [0.05, 0.1) is 0 Å². The maximum absolute atomic E-state index is 12.5. The normalized spacial score (nSPS) is 12.9. The molecule has 1 atom stereocenters. The van der Waals surface area contributed by atoms with Gasteiger partial charge in [0.1, 0.15) is 6.10 Å². The van der Waals surface area contributed by atoms with Crippen LogP contribution in [0.5, 0.6) is 0 Å². The number of unbranched alkanes of at least 4 members (excludes halogenated alkanes) is 11. The van der Waals surface area contributed by atoms with Gasteiger partial charge in [0.25, 0.3) is 0 Å². The molecule has 1 unspecified atom stereocenters. The molecule has 0 fully saturated rings. The third-order valence-electron chi connectivity index (χ3n) is 6.25. The first-order valence-corrected chi connectivity index (χ1v) is 15.1. The minimum atomic E-state index is -0.709. The van der Waals surface area contributed by atoms with Gasteiger partial charge in [0.2, 0.25) is 0 Å². The van der Waals surface area contributed by atoms with Crippen molar-refractivity contribution in [3.8, 4) is 0 Å². The Balaban J connectivity index is 4.25. The number of hydrogen-bond acceptors (Lipinski definition) is 3. The fourth-order valence-corrected chi connectivity index (χ4v) is 4.06. The summed E-state index contributed by atoms with van der Waals surface area (Å²) in [5.41, 5.74) is 0. The summed E-state index contributed by atoms with van der Waals surface area (Å²) < 4.78 is 5.83. The van der Waals surface area contributed by atoms with E-state index in [1.165, 1.54) is 38.5 Å². The van der Waals surface area contributed by atoms with Crippen LogP contribution in [0, 0.1) is 0 Å². The van der Waals surface area contributed by atoms with Crippen LogP contribution in [0.2, 0.25) is 0 Å². The van der Waals surface area contributed by atoms with Crippen LogP contribution >= 0.6 is 0 Å². The minimum Gasteiger partial charge on any atom is -0.481 e. The molecule has 0 saturated heterocycles. The van der Waals surface area contributed by atoms with Gasteiger partial charge in [0.15, 0.2) is 0 Å². The Morgan fingerprint density at radius 1 is 0.649 bits per heavy atom. The van der Waals surface area contributed by atoms with E-state index in [1.54, 1.807) is 0 Å². The number of hydrogen-bond donors (Lipinski definition) is 1. The number of carbonyl (C=O) groups excluding carboxylic acids is 1. The topological polar surface area (TPSA) is 63.6 Å².